The van der Waals surface area contributed by atoms with E-state index in [4.69, 9.17) is 4.74 Å². The van der Waals surface area contributed by atoms with E-state index in [1.165, 1.54) is 5.56 Å². The normalized spacial score (nSPS) is 11.5. The lowest BCUT2D eigenvalue weighted by molar-refractivity contribution is -0.121. The first kappa shape index (κ1) is 23.9. The number of carbonyl (C=O) groups is 1. The van der Waals surface area contributed by atoms with E-state index in [0.717, 1.165) is 37.4 Å². The molecule has 1 aromatic heterocycles. The van der Waals surface area contributed by atoms with Crippen molar-refractivity contribution in [2.24, 2.45) is 5.41 Å². The van der Waals surface area contributed by atoms with Crippen molar-refractivity contribution in [3.05, 3.63) is 53.2 Å². The number of allylic oxidation sites excluding steroid dienone is 1. The molecule has 4 heteroatoms. The van der Waals surface area contributed by atoms with E-state index in [2.05, 4.69) is 73.4 Å². The van der Waals surface area contributed by atoms with Crippen LogP contribution in [0.15, 0.2) is 53.2 Å². The Morgan fingerprint density at radius 3 is 2.77 bits per heavy atom. The molecule has 0 aliphatic carbocycles. The van der Waals surface area contributed by atoms with Crippen molar-refractivity contribution >= 4 is 17.1 Å². The van der Waals surface area contributed by atoms with Gasteiger partial charge in [0, 0.05) is 18.4 Å². The number of benzene rings is 1. The highest BCUT2D eigenvalue weighted by molar-refractivity contribution is 7.08. The lowest BCUT2D eigenvalue weighted by atomic mass is 9.98. The lowest BCUT2D eigenvalue weighted by Crippen LogP contribution is -2.25. The van der Waals surface area contributed by atoms with Crippen LogP contribution < -0.4 is 4.74 Å². The number of ether oxygens (including phenoxy) is 1. The van der Waals surface area contributed by atoms with Crippen LogP contribution >= 0.6 is 11.3 Å². The maximum Gasteiger partial charge on any atom is 0.170 e. The van der Waals surface area contributed by atoms with Crippen molar-refractivity contribution in [3.8, 4) is 28.7 Å². The molecule has 0 radical (unpaired) electrons. The molecular weight excluding hydrogens is 390 g/mol. The van der Waals surface area contributed by atoms with Crippen molar-refractivity contribution in [1.82, 2.24) is 4.90 Å². The molecule has 2 aromatic rings. The fourth-order valence-electron chi connectivity index (χ4n) is 2.83. The Kier molecular flexibility index (Phi) is 9.86. The first-order valence-corrected chi connectivity index (χ1v) is 11.5. The van der Waals surface area contributed by atoms with Crippen LogP contribution in [0.4, 0.5) is 0 Å². The van der Waals surface area contributed by atoms with Crippen LogP contribution in [0.5, 0.6) is 5.75 Å². The van der Waals surface area contributed by atoms with Crippen molar-refractivity contribution < 1.29 is 9.53 Å². The number of ketones is 1. The van der Waals surface area contributed by atoms with Gasteiger partial charge in [0.2, 0.25) is 0 Å². The quantitative estimate of drug-likeness (QED) is 0.411. The van der Waals surface area contributed by atoms with Crippen molar-refractivity contribution in [3.63, 3.8) is 0 Å². The minimum absolute atomic E-state index is 0.0302. The van der Waals surface area contributed by atoms with Gasteiger partial charge in [-0.2, -0.15) is 11.3 Å². The molecule has 0 amide bonds. The SMILES string of the molecule is CCN(C/C=C/C#CC(C)(C)C)CCCC(=O)COc1cccc(-c2ccsc2)c1. The molecule has 30 heavy (non-hydrogen) atoms. The lowest BCUT2D eigenvalue weighted by Gasteiger charge is -2.17. The van der Waals surface area contributed by atoms with E-state index in [1.807, 2.05) is 24.3 Å². The molecule has 2 rings (SSSR count). The number of hydrogen-bond acceptors (Lipinski definition) is 4. The second-order valence-electron chi connectivity index (χ2n) is 8.29. The standard InChI is InChI=1S/C26H33NO2S/c1-5-27(16-8-6-7-15-26(2,3)4)17-10-12-24(28)20-29-25-13-9-11-22(19-25)23-14-18-30-21-23/h6,8-9,11,13-14,18-19,21H,5,10,12,16-17,20H2,1-4H3/b8-6+. The highest BCUT2D eigenvalue weighted by Crippen LogP contribution is 2.25. The van der Waals surface area contributed by atoms with Crippen LogP contribution in [-0.2, 0) is 4.79 Å². The number of carbonyl (C=O) groups excluding carboxylic acids is 1. The van der Waals surface area contributed by atoms with E-state index in [-0.39, 0.29) is 17.8 Å². The van der Waals surface area contributed by atoms with Crippen LogP contribution in [0.25, 0.3) is 11.1 Å². The molecule has 1 aromatic carbocycles. The molecular formula is C26H33NO2S. The summed E-state index contributed by atoms with van der Waals surface area (Å²) in [7, 11) is 0. The van der Waals surface area contributed by atoms with Gasteiger partial charge in [-0.25, -0.2) is 0 Å². The summed E-state index contributed by atoms with van der Waals surface area (Å²) in [5, 5.41) is 4.16. The van der Waals surface area contributed by atoms with Crippen LogP contribution in [0.3, 0.4) is 0 Å². The molecule has 0 fully saturated rings. The van der Waals surface area contributed by atoms with Crippen LogP contribution in [0.1, 0.15) is 40.5 Å². The summed E-state index contributed by atoms with van der Waals surface area (Å²) in [6, 6.07) is 9.99. The molecule has 3 nitrogen and oxygen atoms in total. The summed E-state index contributed by atoms with van der Waals surface area (Å²) in [6.45, 7) is 11.3. The fraction of sp³-hybridized carbons (Fsp3) is 0.423. The third-order valence-corrected chi connectivity index (χ3v) is 5.16. The monoisotopic (exact) mass is 423 g/mol. The average Bonchev–Trinajstić information content (AvgIpc) is 3.25. The van der Waals surface area contributed by atoms with Gasteiger partial charge in [-0.05, 0) is 86.4 Å². The number of likely N-dealkylation sites (N-methyl/N-ethyl adjacent to an activating group) is 1. The van der Waals surface area contributed by atoms with E-state index < -0.39 is 0 Å². The average molecular weight is 424 g/mol. The first-order chi connectivity index (χ1) is 14.4. The van der Waals surface area contributed by atoms with E-state index in [9.17, 15) is 4.79 Å². The maximum absolute atomic E-state index is 12.2. The Bertz CT molecular complexity index is 866. The number of nitrogens with zero attached hydrogens (tertiary/aromatic N) is 1. The maximum atomic E-state index is 12.2. The molecule has 0 saturated heterocycles. The zero-order valence-electron chi connectivity index (χ0n) is 18.6. The molecule has 0 N–H and O–H groups in total. The Labute approximate surface area is 185 Å². The number of Topliss-reactive ketones (excluding diaryl/α,β-unsaturated/α-hetero) is 1. The van der Waals surface area contributed by atoms with Gasteiger partial charge in [-0.3, -0.25) is 9.69 Å². The van der Waals surface area contributed by atoms with E-state index in [0.29, 0.717) is 6.42 Å². The summed E-state index contributed by atoms with van der Waals surface area (Å²) >= 11 is 1.67. The largest absolute Gasteiger partial charge is 0.486 e. The fourth-order valence-corrected chi connectivity index (χ4v) is 3.49. The predicted molar refractivity (Wildman–Crippen MR) is 128 cm³/mol. The molecule has 0 atom stereocenters. The Morgan fingerprint density at radius 2 is 2.07 bits per heavy atom. The first-order valence-electron chi connectivity index (χ1n) is 10.5. The minimum atomic E-state index is 0.0302. The van der Waals surface area contributed by atoms with Gasteiger partial charge in [0.1, 0.15) is 12.4 Å². The van der Waals surface area contributed by atoms with Gasteiger partial charge in [0.15, 0.2) is 5.78 Å². The molecule has 160 valence electrons. The van der Waals surface area contributed by atoms with Gasteiger partial charge in [-0.1, -0.05) is 37.0 Å². The Hall–Kier alpha value is -2.35. The summed E-state index contributed by atoms with van der Waals surface area (Å²) in [5.74, 6) is 7.17. The Balaban J connectivity index is 1.69. The number of rotatable bonds is 11. The number of thiophene rings is 1. The van der Waals surface area contributed by atoms with Gasteiger partial charge >= 0.3 is 0 Å². The molecule has 0 aliphatic heterocycles. The van der Waals surface area contributed by atoms with Gasteiger partial charge in [-0.15, -0.1) is 0 Å². The predicted octanol–water partition coefficient (Wildman–Crippen LogP) is 6.07. The third kappa shape index (κ3) is 9.43. The molecule has 0 bridgehead atoms. The zero-order chi connectivity index (χ0) is 21.8. The summed E-state index contributed by atoms with van der Waals surface area (Å²) in [4.78, 5) is 14.5. The van der Waals surface area contributed by atoms with Gasteiger partial charge in [0.05, 0.1) is 0 Å². The summed E-state index contributed by atoms with van der Waals surface area (Å²) in [5.41, 5.74) is 2.32. The molecule has 0 saturated carbocycles. The summed E-state index contributed by atoms with van der Waals surface area (Å²) < 4.78 is 5.72. The zero-order valence-corrected chi connectivity index (χ0v) is 19.4. The highest BCUT2D eigenvalue weighted by Gasteiger charge is 2.07. The minimum Gasteiger partial charge on any atom is -0.486 e. The van der Waals surface area contributed by atoms with Crippen molar-refractivity contribution in [1.29, 1.82) is 0 Å². The third-order valence-electron chi connectivity index (χ3n) is 4.48. The van der Waals surface area contributed by atoms with Crippen LogP contribution in [0.2, 0.25) is 0 Å². The van der Waals surface area contributed by atoms with Gasteiger partial charge < -0.3 is 4.74 Å². The topological polar surface area (TPSA) is 29.5 Å². The van der Waals surface area contributed by atoms with Crippen molar-refractivity contribution in [2.45, 2.75) is 40.5 Å². The highest BCUT2D eigenvalue weighted by atomic mass is 32.1. The smallest absolute Gasteiger partial charge is 0.170 e. The van der Waals surface area contributed by atoms with E-state index >= 15 is 0 Å². The molecule has 0 unspecified atom stereocenters. The van der Waals surface area contributed by atoms with Crippen LogP contribution in [0, 0.1) is 17.3 Å². The van der Waals surface area contributed by atoms with E-state index in [1.54, 1.807) is 11.3 Å². The Morgan fingerprint density at radius 1 is 1.23 bits per heavy atom. The van der Waals surface area contributed by atoms with Crippen molar-refractivity contribution in [2.75, 3.05) is 26.2 Å². The van der Waals surface area contributed by atoms with Crippen LogP contribution in [-0.4, -0.2) is 36.9 Å². The number of hydrogen-bond donors (Lipinski definition) is 0. The molecule has 0 spiro atoms. The second kappa shape index (κ2) is 12.4. The molecule has 0 aliphatic rings. The molecule has 1 heterocycles. The summed E-state index contributed by atoms with van der Waals surface area (Å²) in [6.07, 6.45) is 5.39. The van der Waals surface area contributed by atoms with Gasteiger partial charge in [0.25, 0.3) is 0 Å². The second-order valence-corrected chi connectivity index (χ2v) is 9.07.